The summed E-state index contributed by atoms with van der Waals surface area (Å²) in [5, 5.41) is 11.7. The third-order valence-corrected chi connectivity index (χ3v) is 4.90. The van der Waals surface area contributed by atoms with Gasteiger partial charge in [0.15, 0.2) is 5.82 Å². The van der Waals surface area contributed by atoms with Gasteiger partial charge in [0.25, 0.3) is 5.91 Å². The molecule has 0 aliphatic carbocycles. The van der Waals surface area contributed by atoms with Crippen molar-refractivity contribution in [3.63, 3.8) is 0 Å². The van der Waals surface area contributed by atoms with Crippen LogP contribution in [0.15, 0.2) is 30.6 Å². The number of halogens is 3. The predicted octanol–water partition coefficient (Wildman–Crippen LogP) is 5.10. The largest absolute Gasteiger partial charge is 0.417 e. The second-order valence-electron chi connectivity index (χ2n) is 9.66. The second kappa shape index (κ2) is 7.75. The van der Waals surface area contributed by atoms with Gasteiger partial charge in [-0.25, -0.2) is 14.3 Å². The smallest absolute Gasteiger partial charge is 0.307 e. The van der Waals surface area contributed by atoms with Crippen LogP contribution in [0, 0.1) is 6.92 Å². The van der Waals surface area contributed by atoms with E-state index in [1.54, 1.807) is 11.6 Å². The van der Waals surface area contributed by atoms with E-state index < -0.39 is 17.6 Å². The van der Waals surface area contributed by atoms with Gasteiger partial charge in [-0.3, -0.25) is 4.79 Å². The predicted molar refractivity (Wildman–Crippen MR) is 115 cm³/mol. The molecule has 7 nitrogen and oxygen atoms in total. The van der Waals surface area contributed by atoms with E-state index in [2.05, 4.69) is 20.5 Å². The van der Waals surface area contributed by atoms with E-state index in [-0.39, 0.29) is 22.3 Å². The first-order chi connectivity index (χ1) is 14.6. The van der Waals surface area contributed by atoms with Crippen LogP contribution in [-0.4, -0.2) is 30.5 Å². The van der Waals surface area contributed by atoms with E-state index in [1.807, 2.05) is 47.6 Å². The van der Waals surface area contributed by atoms with Crippen molar-refractivity contribution in [2.75, 3.05) is 5.32 Å². The number of hydrogen-bond acceptors (Lipinski definition) is 4. The first-order valence-corrected chi connectivity index (χ1v) is 10.1. The third-order valence-electron chi connectivity index (χ3n) is 4.90. The van der Waals surface area contributed by atoms with Gasteiger partial charge in [-0.05, 0) is 39.8 Å². The Morgan fingerprint density at radius 1 is 1.03 bits per heavy atom. The van der Waals surface area contributed by atoms with Gasteiger partial charge >= 0.3 is 6.18 Å². The molecule has 0 unspecified atom stereocenters. The highest BCUT2D eigenvalue weighted by Crippen LogP contribution is 2.30. The molecule has 0 bridgehead atoms. The highest BCUT2D eigenvalue weighted by atomic mass is 19.4. The maximum Gasteiger partial charge on any atom is 0.417 e. The number of nitrogens with zero attached hydrogens (tertiary/aromatic N) is 5. The number of anilines is 1. The normalized spacial score (nSPS) is 12.8. The van der Waals surface area contributed by atoms with Crippen LogP contribution in [0.3, 0.4) is 0 Å². The number of alkyl halides is 3. The third kappa shape index (κ3) is 4.68. The summed E-state index contributed by atoms with van der Waals surface area (Å²) < 4.78 is 41.5. The molecular weight excluding hydrogens is 421 g/mol. The molecule has 1 amide bonds. The number of amides is 1. The van der Waals surface area contributed by atoms with Crippen molar-refractivity contribution in [3.05, 3.63) is 53.1 Å². The Labute approximate surface area is 184 Å². The molecule has 0 atom stereocenters. The Balaban J connectivity index is 1.91. The molecule has 3 heterocycles. The molecule has 3 rings (SSSR count). The average Bonchev–Trinajstić information content (AvgIpc) is 3.24. The Morgan fingerprint density at radius 2 is 1.69 bits per heavy atom. The number of nitrogens with one attached hydrogen (secondary N) is 1. The van der Waals surface area contributed by atoms with Crippen molar-refractivity contribution in [1.82, 2.24) is 24.5 Å². The maximum absolute atomic E-state index is 13.0. The Bertz CT molecular complexity index is 1130. The minimum Gasteiger partial charge on any atom is -0.307 e. The summed E-state index contributed by atoms with van der Waals surface area (Å²) in [4.78, 5) is 16.9. The lowest BCUT2D eigenvalue weighted by Crippen LogP contribution is -2.27. The van der Waals surface area contributed by atoms with E-state index in [0.29, 0.717) is 11.5 Å². The highest BCUT2D eigenvalue weighted by molar-refractivity contribution is 6.04. The fourth-order valence-electron chi connectivity index (χ4n) is 3.07. The van der Waals surface area contributed by atoms with Gasteiger partial charge < -0.3 is 5.32 Å². The molecule has 0 fully saturated rings. The summed E-state index contributed by atoms with van der Waals surface area (Å²) in [5.41, 5.74) is 0.150. The molecule has 0 saturated carbocycles. The molecule has 10 heteroatoms. The lowest BCUT2D eigenvalue weighted by atomic mass is 9.92. The standard InChI is InChI=1S/C22H27F3N6O/c1-13-15(12-27-30(13)17-9-8-14(11-26-17)22(23,24)25)19(32)28-18-10-16(20(2,3)4)29-31(18)21(5,6)7/h8-12H,1-7H3,(H,28,32). The molecule has 0 radical (unpaired) electrons. The Hall–Kier alpha value is -3.17. The van der Waals surface area contributed by atoms with Crippen LogP contribution in [0.4, 0.5) is 19.0 Å². The van der Waals surface area contributed by atoms with Crippen molar-refractivity contribution >= 4 is 11.7 Å². The van der Waals surface area contributed by atoms with Crippen LogP contribution in [0.25, 0.3) is 5.82 Å². The molecular formula is C22H27F3N6O. The van der Waals surface area contributed by atoms with Gasteiger partial charge in [-0.15, -0.1) is 0 Å². The van der Waals surface area contributed by atoms with E-state index in [0.717, 1.165) is 18.0 Å². The molecule has 1 N–H and O–H groups in total. The lowest BCUT2D eigenvalue weighted by Gasteiger charge is -2.23. The van der Waals surface area contributed by atoms with Gasteiger partial charge in [0.05, 0.1) is 34.3 Å². The number of rotatable bonds is 3. The second-order valence-corrected chi connectivity index (χ2v) is 9.66. The Kier molecular flexibility index (Phi) is 5.69. The van der Waals surface area contributed by atoms with Crippen molar-refractivity contribution in [1.29, 1.82) is 0 Å². The summed E-state index contributed by atoms with van der Waals surface area (Å²) in [5.74, 6) is 0.336. The number of carbonyl (C=O) groups is 1. The summed E-state index contributed by atoms with van der Waals surface area (Å²) in [6.07, 6.45) is -2.36. The fourth-order valence-corrected chi connectivity index (χ4v) is 3.07. The average molecular weight is 448 g/mol. The van der Waals surface area contributed by atoms with E-state index in [1.165, 1.54) is 16.9 Å². The van der Waals surface area contributed by atoms with Crippen LogP contribution in [0.2, 0.25) is 0 Å². The first kappa shape index (κ1) is 23.5. The van der Waals surface area contributed by atoms with Crippen molar-refractivity contribution < 1.29 is 18.0 Å². The molecule has 3 aromatic rings. The molecule has 3 aromatic heterocycles. The SMILES string of the molecule is Cc1c(C(=O)Nc2cc(C(C)(C)C)nn2C(C)(C)C)cnn1-c1ccc(C(F)(F)F)cn1. The first-order valence-electron chi connectivity index (χ1n) is 10.1. The minimum atomic E-state index is -4.47. The molecule has 0 aromatic carbocycles. The molecule has 172 valence electrons. The maximum atomic E-state index is 13.0. The number of hydrogen-bond donors (Lipinski definition) is 1. The minimum absolute atomic E-state index is 0.185. The van der Waals surface area contributed by atoms with Crippen LogP contribution in [0.1, 0.15) is 68.9 Å². The van der Waals surface area contributed by atoms with Crippen LogP contribution >= 0.6 is 0 Å². The van der Waals surface area contributed by atoms with E-state index in [9.17, 15) is 18.0 Å². The fraction of sp³-hybridized carbons (Fsp3) is 0.455. The van der Waals surface area contributed by atoms with Crippen LogP contribution < -0.4 is 5.32 Å². The molecule has 0 aliphatic heterocycles. The number of carbonyl (C=O) groups excluding carboxylic acids is 1. The number of aromatic nitrogens is 5. The Morgan fingerprint density at radius 3 is 2.19 bits per heavy atom. The lowest BCUT2D eigenvalue weighted by molar-refractivity contribution is -0.137. The van der Waals surface area contributed by atoms with Gasteiger partial charge in [-0.2, -0.15) is 23.4 Å². The molecule has 0 saturated heterocycles. The van der Waals surface area contributed by atoms with Crippen molar-refractivity contribution in [3.8, 4) is 5.82 Å². The molecule has 32 heavy (non-hydrogen) atoms. The zero-order chi connectivity index (χ0) is 24.1. The topological polar surface area (TPSA) is 77.6 Å². The van der Waals surface area contributed by atoms with E-state index in [4.69, 9.17) is 0 Å². The molecule has 0 aliphatic rings. The van der Waals surface area contributed by atoms with Crippen LogP contribution in [-0.2, 0) is 17.1 Å². The highest BCUT2D eigenvalue weighted by Gasteiger charge is 2.31. The quantitative estimate of drug-likeness (QED) is 0.605. The number of pyridine rings is 1. The van der Waals surface area contributed by atoms with Gasteiger partial charge in [0.1, 0.15) is 5.82 Å². The van der Waals surface area contributed by atoms with Crippen molar-refractivity contribution in [2.24, 2.45) is 0 Å². The van der Waals surface area contributed by atoms with Gasteiger partial charge in [0.2, 0.25) is 0 Å². The summed E-state index contributed by atoms with van der Waals surface area (Å²) >= 11 is 0. The van der Waals surface area contributed by atoms with E-state index >= 15 is 0 Å². The van der Waals surface area contributed by atoms with Crippen LogP contribution in [0.5, 0.6) is 0 Å². The molecule has 0 spiro atoms. The zero-order valence-electron chi connectivity index (χ0n) is 19.2. The summed E-state index contributed by atoms with van der Waals surface area (Å²) in [6, 6.07) is 3.99. The summed E-state index contributed by atoms with van der Waals surface area (Å²) in [6.45, 7) is 13.7. The zero-order valence-corrected chi connectivity index (χ0v) is 19.2. The van der Waals surface area contributed by atoms with Crippen molar-refractivity contribution in [2.45, 2.75) is 65.6 Å². The summed E-state index contributed by atoms with van der Waals surface area (Å²) in [7, 11) is 0. The van der Waals surface area contributed by atoms with Gasteiger partial charge in [0, 0.05) is 17.7 Å². The van der Waals surface area contributed by atoms with Gasteiger partial charge in [-0.1, -0.05) is 20.8 Å². The monoisotopic (exact) mass is 448 g/mol.